The van der Waals surface area contributed by atoms with E-state index >= 15 is 0 Å². The average Bonchev–Trinajstić information content (AvgIpc) is 3.13. The normalized spacial score (nSPS) is 15.3. The number of aryl methyl sites for hydroxylation is 1. The zero-order valence-electron chi connectivity index (χ0n) is 15.9. The van der Waals surface area contributed by atoms with Gasteiger partial charge in [0.2, 0.25) is 0 Å². The number of carbonyl (C=O) groups is 1. The summed E-state index contributed by atoms with van der Waals surface area (Å²) in [6, 6.07) is 17.1. The van der Waals surface area contributed by atoms with Gasteiger partial charge in [-0.15, -0.1) is 5.10 Å². The van der Waals surface area contributed by atoms with E-state index in [2.05, 4.69) is 10.2 Å². The van der Waals surface area contributed by atoms with Crippen LogP contribution >= 0.6 is 0 Å². The lowest BCUT2D eigenvalue weighted by atomic mass is 10.2. The van der Waals surface area contributed by atoms with Crippen LogP contribution in [0.4, 0.5) is 0 Å². The van der Waals surface area contributed by atoms with Gasteiger partial charge >= 0.3 is 0 Å². The van der Waals surface area contributed by atoms with E-state index in [0.29, 0.717) is 36.8 Å². The van der Waals surface area contributed by atoms with E-state index in [1.807, 2.05) is 61.5 Å². The van der Waals surface area contributed by atoms with Crippen LogP contribution in [0.15, 0.2) is 54.6 Å². The van der Waals surface area contributed by atoms with Crippen LogP contribution in [-0.2, 0) is 0 Å². The molecule has 3 aromatic rings. The molecule has 0 spiro atoms. The van der Waals surface area contributed by atoms with Crippen LogP contribution in [0.3, 0.4) is 0 Å². The highest BCUT2D eigenvalue weighted by molar-refractivity contribution is 5.93. The summed E-state index contributed by atoms with van der Waals surface area (Å²) in [5.74, 6) is 1.27. The summed E-state index contributed by atoms with van der Waals surface area (Å²) in [4.78, 5) is 16.3. The first kappa shape index (κ1) is 18.0. The Bertz CT molecular complexity index is 971. The van der Waals surface area contributed by atoms with E-state index in [0.717, 1.165) is 11.4 Å². The minimum atomic E-state index is -0.233. The largest absolute Gasteiger partial charge is 0.486 e. The van der Waals surface area contributed by atoms with Gasteiger partial charge < -0.3 is 14.4 Å². The maximum absolute atomic E-state index is 13.1. The first-order chi connectivity index (χ1) is 13.7. The van der Waals surface area contributed by atoms with Crippen molar-refractivity contribution < 1.29 is 14.3 Å². The van der Waals surface area contributed by atoms with Crippen LogP contribution in [0.1, 0.15) is 23.1 Å². The first-order valence-corrected chi connectivity index (χ1v) is 9.33. The molecule has 0 aliphatic carbocycles. The molecule has 7 nitrogen and oxygen atoms in total. The van der Waals surface area contributed by atoms with Gasteiger partial charge in [0.15, 0.2) is 23.3 Å². The topological polar surface area (TPSA) is 69.5 Å². The number of para-hydroxylation sites is 3. The summed E-state index contributed by atoms with van der Waals surface area (Å²) in [5, 5.41) is 8.82. The summed E-state index contributed by atoms with van der Waals surface area (Å²) in [6.45, 7) is 5.09. The molecular formula is C21H22N4O3. The second kappa shape index (κ2) is 7.72. The third-order valence-electron chi connectivity index (χ3n) is 4.63. The van der Waals surface area contributed by atoms with Gasteiger partial charge in [0.1, 0.15) is 6.61 Å². The second-order valence-corrected chi connectivity index (χ2v) is 6.60. The number of hydrogen-bond acceptors (Lipinski definition) is 5. The Labute approximate surface area is 163 Å². The fraction of sp³-hybridized carbons (Fsp3) is 0.286. The van der Waals surface area contributed by atoms with Gasteiger partial charge in [-0.3, -0.25) is 4.79 Å². The fourth-order valence-electron chi connectivity index (χ4n) is 3.16. The predicted octanol–water partition coefficient (Wildman–Crippen LogP) is 2.88. The van der Waals surface area contributed by atoms with E-state index < -0.39 is 0 Å². The number of carbonyl (C=O) groups excluding carboxylic acids is 1. The molecular weight excluding hydrogens is 356 g/mol. The number of likely N-dealkylation sites (N-methyl/N-ethyl adjacent to an activating group) is 1. The molecule has 0 saturated heterocycles. The average molecular weight is 378 g/mol. The summed E-state index contributed by atoms with van der Waals surface area (Å²) < 4.78 is 11.8. The Morgan fingerprint density at radius 1 is 1.11 bits per heavy atom. The molecule has 28 heavy (non-hydrogen) atoms. The van der Waals surface area contributed by atoms with Gasteiger partial charge in [0, 0.05) is 6.54 Å². The van der Waals surface area contributed by atoms with E-state index in [9.17, 15) is 4.79 Å². The van der Waals surface area contributed by atoms with Gasteiger partial charge in [-0.05, 0) is 38.1 Å². The summed E-state index contributed by atoms with van der Waals surface area (Å²) >= 11 is 0. The van der Waals surface area contributed by atoms with Crippen LogP contribution in [-0.4, -0.2) is 51.6 Å². The number of fused-ring (bicyclic) bond motifs is 1. The van der Waals surface area contributed by atoms with Crippen molar-refractivity contribution in [3.05, 3.63) is 66.0 Å². The lowest BCUT2D eigenvalue weighted by molar-refractivity contribution is 0.0470. The minimum Gasteiger partial charge on any atom is -0.486 e. The van der Waals surface area contributed by atoms with Crippen LogP contribution in [0, 0.1) is 6.92 Å². The van der Waals surface area contributed by atoms with Crippen molar-refractivity contribution in [2.24, 2.45) is 0 Å². The molecule has 0 saturated carbocycles. The molecule has 2 heterocycles. The number of amides is 1. The van der Waals surface area contributed by atoms with E-state index in [-0.39, 0.29) is 12.0 Å². The standard InChI is InChI=1S/C21H22N4O3/c1-3-24(13-17-14-27-18-11-7-8-12-19(18)28-17)21(26)20-15(2)22-25(23-20)16-9-5-4-6-10-16/h4-12,17H,3,13-14H2,1-2H3/t17-/m1/s1. The third-order valence-corrected chi connectivity index (χ3v) is 4.63. The quantitative estimate of drug-likeness (QED) is 0.683. The summed E-state index contributed by atoms with van der Waals surface area (Å²) in [7, 11) is 0. The second-order valence-electron chi connectivity index (χ2n) is 6.60. The molecule has 1 aliphatic rings. The monoisotopic (exact) mass is 378 g/mol. The Morgan fingerprint density at radius 3 is 2.57 bits per heavy atom. The molecule has 144 valence electrons. The molecule has 1 amide bonds. The maximum atomic E-state index is 13.1. The van der Waals surface area contributed by atoms with Gasteiger partial charge in [-0.25, -0.2) is 0 Å². The van der Waals surface area contributed by atoms with Crippen LogP contribution < -0.4 is 9.47 Å². The molecule has 0 fully saturated rings. The number of ether oxygens (including phenoxy) is 2. The number of aromatic nitrogens is 3. The van der Waals surface area contributed by atoms with E-state index in [4.69, 9.17) is 9.47 Å². The highest BCUT2D eigenvalue weighted by atomic mass is 16.6. The van der Waals surface area contributed by atoms with Crippen molar-refractivity contribution in [2.45, 2.75) is 20.0 Å². The molecule has 1 aliphatic heterocycles. The van der Waals surface area contributed by atoms with E-state index in [1.165, 1.54) is 4.80 Å². The zero-order chi connectivity index (χ0) is 19.5. The van der Waals surface area contributed by atoms with E-state index in [1.54, 1.807) is 11.8 Å². The fourth-order valence-corrected chi connectivity index (χ4v) is 3.16. The third kappa shape index (κ3) is 3.55. The minimum absolute atomic E-state index is 0.162. The van der Waals surface area contributed by atoms with Crippen LogP contribution in [0.25, 0.3) is 5.69 Å². The van der Waals surface area contributed by atoms with Gasteiger partial charge in [-0.2, -0.15) is 9.90 Å². The van der Waals surface area contributed by atoms with Crippen LogP contribution in [0.2, 0.25) is 0 Å². The number of hydrogen-bond donors (Lipinski definition) is 0. The lowest BCUT2D eigenvalue weighted by Gasteiger charge is -2.30. The Hall–Kier alpha value is -3.35. The van der Waals surface area contributed by atoms with Crippen molar-refractivity contribution in [1.29, 1.82) is 0 Å². The van der Waals surface area contributed by atoms with Crippen molar-refractivity contribution in [3.8, 4) is 17.2 Å². The molecule has 0 unspecified atom stereocenters. The highest BCUT2D eigenvalue weighted by Gasteiger charge is 2.27. The lowest BCUT2D eigenvalue weighted by Crippen LogP contribution is -2.43. The molecule has 1 atom stereocenters. The molecule has 0 bridgehead atoms. The Balaban J connectivity index is 1.50. The number of benzene rings is 2. The molecule has 2 aromatic carbocycles. The summed E-state index contributed by atoms with van der Waals surface area (Å²) in [6.07, 6.45) is -0.233. The van der Waals surface area contributed by atoms with Crippen molar-refractivity contribution in [3.63, 3.8) is 0 Å². The van der Waals surface area contributed by atoms with Gasteiger partial charge in [-0.1, -0.05) is 30.3 Å². The van der Waals surface area contributed by atoms with Crippen LogP contribution in [0.5, 0.6) is 11.5 Å². The van der Waals surface area contributed by atoms with Crippen molar-refractivity contribution >= 4 is 5.91 Å². The Kier molecular flexibility index (Phi) is 4.97. The molecule has 4 rings (SSSR count). The van der Waals surface area contributed by atoms with Crippen molar-refractivity contribution in [1.82, 2.24) is 19.9 Å². The number of rotatable bonds is 5. The van der Waals surface area contributed by atoms with Gasteiger partial charge in [0.25, 0.3) is 5.91 Å². The summed E-state index contributed by atoms with van der Waals surface area (Å²) in [5.41, 5.74) is 1.76. The number of nitrogens with zero attached hydrogens (tertiary/aromatic N) is 4. The molecule has 7 heteroatoms. The maximum Gasteiger partial charge on any atom is 0.276 e. The Morgan fingerprint density at radius 2 is 1.82 bits per heavy atom. The highest BCUT2D eigenvalue weighted by Crippen LogP contribution is 2.31. The van der Waals surface area contributed by atoms with Gasteiger partial charge in [0.05, 0.1) is 17.9 Å². The molecule has 0 N–H and O–H groups in total. The smallest absolute Gasteiger partial charge is 0.276 e. The SMILES string of the molecule is CCN(C[C@@H]1COc2ccccc2O1)C(=O)c1nn(-c2ccccc2)nc1C. The van der Waals surface area contributed by atoms with Crippen molar-refractivity contribution in [2.75, 3.05) is 19.7 Å². The predicted molar refractivity (Wildman–Crippen MR) is 104 cm³/mol. The molecule has 0 radical (unpaired) electrons. The molecule has 1 aromatic heterocycles. The zero-order valence-corrected chi connectivity index (χ0v) is 15.9. The first-order valence-electron chi connectivity index (χ1n) is 9.33.